The lowest BCUT2D eigenvalue weighted by Gasteiger charge is -2.13. The second-order valence-electron chi connectivity index (χ2n) is 14.7. The number of hydrogen-bond donors (Lipinski definition) is 0. The molecule has 5 heteroatoms. The lowest BCUT2D eigenvalue weighted by atomic mass is 9.94. The van der Waals surface area contributed by atoms with E-state index in [0.717, 1.165) is 116 Å². The molecule has 0 amide bonds. The van der Waals surface area contributed by atoms with E-state index in [2.05, 4.69) is 133 Å². The molecule has 58 heavy (non-hydrogen) atoms. The summed E-state index contributed by atoms with van der Waals surface area (Å²) in [4.78, 5) is 15.5. The van der Waals surface area contributed by atoms with E-state index in [1.807, 2.05) is 54.6 Å². The van der Waals surface area contributed by atoms with Crippen molar-refractivity contribution in [2.75, 3.05) is 0 Å². The fraction of sp³-hybridized carbons (Fsp3) is 0. The summed E-state index contributed by atoms with van der Waals surface area (Å²) in [6, 6.07) is 64.9. The Kier molecular flexibility index (Phi) is 7.16. The van der Waals surface area contributed by atoms with Crippen molar-refractivity contribution in [3.8, 4) is 56.3 Å². The maximum atomic E-state index is 6.39. The highest BCUT2D eigenvalue weighted by atomic mass is 16.3. The number of aromatic nitrogens is 3. The molecule has 12 rings (SSSR count). The molecule has 0 saturated carbocycles. The van der Waals surface area contributed by atoms with Crippen LogP contribution in [0.1, 0.15) is 0 Å². The standard InChI is InChI=1S/C53H31N3O2/c1-3-11-34(12-4-1)52-41-26-28-48-51(40-16-8-10-18-47(40)57-48)50(41)42-29-36(24-27-43(42)54-52)32-19-21-33(22-20-32)44-31-45(56-53(55-44)35-13-5-2-6-14-35)37-23-25-39-38-15-7-9-17-46(38)58-49(39)30-37/h1-31H. The summed E-state index contributed by atoms with van der Waals surface area (Å²) < 4.78 is 12.7. The molecule has 0 aliphatic rings. The van der Waals surface area contributed by atoms with Gasteiger partial charge < -0.3 is 8.83 Å². The first-order valence-electron chi connectivity index (χ1n) is 19.4. The van der Waals surface area contributed by atoms with Crippen LogP contribution in [0.3, 0.4) is 0 Å². The second kappa shape index (κ2) is 12.8. The molecule has 0 spiro atoms. The van der Waals surface area contributed by atoms with Gasteiger partial charge in [0.2, 0.25) is 0 Å². The van der Waals surface area contributed by atoms with Gasteiger partial charge in [0.15, 0.2) is 5.82 Å². The van der Waals surface area contributed by atoms with Crippen LogP contribution in [0.2, 0.25) is 0 Å². The minimum atomic E-state index is 0.670. The molecule has 0 N–H and O–H groups in total. The Morgan fingerprint density at radius 1 is 0.293 bits per heavy atom. The van der Waals surface area contributed by atoms with Gasteiger partial charge in [0.25, 0.3) is 0 Å². The monoisotopic (exact) mass is 741 g/mol. The van der Waals surface area contributed by atoms with E-state index in [1.165, 1.54) is 0 Å². The molecule has 0 fully saturated rings. The molecule has 0 unspecified atom stereocenters. The Bertz CT molecular complexity index is 3550. The molecular weight excluding hydrogens is 711 g/mol. The number of benzene rings is 8. The smallest absolute Gasteiger partial charge is 0.160 e. The number of hydrogen-bond acceptors (Lipinski definition) is 5. The molecule has 12 aromatic rings. The van der Waals surface area contributed by atoms with E-state index in [4.69, 9.17) is 23.8 Å². The first-order chi connectivity index (χ1) is 28.7. The van der Waals surface area contributed by atoms with Gasteiger partial charge in [-0.3, -0.25) is 0 Å². The van der Waals surface area contributed by atoms with Gasteiger partial charge in [-0.2, -0.15) is 0 Å². The number of fused-ring (bicyclic) bond motifs is 10. The van der Waals surface area contributed by atoms with Crippen molar-refractivity contribution in [1.82, 2.24) is 15.0 Å². The van der Waals surface area contributed by atoms with Gasteiger partial charge >= 0.3 is 0 Å². The molecule has 8 aromatic carbocycles. The summed E-state index contributed by atoms with van der Waals surface area (Å²) in [5.41, 5.74) is 13.2. The van der Waals surface area contributed by atoms with Crippen LogP contribution in [0.5, 0.6) is 0 Å². The van der Waals surface area contributed by atoms with E-state index in [1.54, 1.807) is 0 Å². The average molecular weight is 742 g/mol. The van der Waals surface area contributed by atoms with Gasteiger partial charge in [-0.1, -0.05) is 133 Å². The molecule has 0 radical (unpaired) electrons. The fourth-order valence-electron chi connectivity index (χ4n) is 8.48. The average Bonchev–Trinajstić information content (AvgIpc) is 3.87. The highest BCUT2D eigenvalue weighted by Crippen LogP contribution is 2.42. The third-order valence-corrected chi connectivity index (χ3v) is 11.3. The predicted molar refractivity (Wildman–Crippen MR) is 237 cm³/mol. The molecular formula is C53H31N3O2. The topological polar surface area (TPSA) is 65.0 Å². The number of rotatable bonds is 5. The lowest BCUT2D eigenvalue weighted by Crippen LogP contribution is -1.96. The third kappa shape index (κ3) is 5.21. The Morgan fingerprint density at radius 3 is 1.67 bits per heavy atom. The SMILES string of the molecule is c1ccc(-c2nc(-c3ccc(-c4ccc5nc(-c6ccccc6)c6ccc7oc8ccccc8c7c6c5c4)cc3)cc(-c3ccc4c(c3)oc3ccccc34)n2)cc1. The van der Waals surface area contributed by atoms with Crippen LogP contribution >= 0.6 is 0 Å². The molecule has 0 bridgehead atoms. The molecule has 0 aliphatic heterocycles. The molecule has 4 heterocycles. The summed E-state index contributed by atoms with van der Waals surface area (Å²) in [5, 5.41) is 7.73. The number of pyridine rings is 1. The van der Waals surface area contributed by atoms with Crippen LogP contribution in [0.25, 0.3) is 122 Å². The third-order valence-electron chi connectivity index (χ3n) is 11.3. The zero-order chi connectivity index (χ0) is 38.2. The van der Waals surface area contributed by atoms with Crippen molar-refractivity contribution in [1.29, 1.82) is 0 Å². The summed E-state index contributed by atoms with van der Waals surface area (Å²) >= 11 is 0. The summed E-state index contributed by atoms with van der Waals surface area (Å²) in [7, 11) is 0. The highest BCUT2D eigenvalue weighted by Gasteiger charge is 2.19. The minimum absolute atomic E-state index is 0.670. The zero-order valence-electron chi connectivity index (χ0n) is 31.1. The second-order valence-corrected chi connectivity index (χ2v) is 14.7. The Balaban J connectivity index is 0.992. The Morgan fingerprint density at radius 2 is 0.879 bits per heavy atom. The van der Waals surface area contributed by atoms with Crippen LogP contribution in [0.15, 0.2) is 197 Å². The van der Waals surface area contributed by atoms with Crippen molar-refractivity contribution in [2.24, 2.45) is 0 Å². The lowest BCUT2D eigenvalue weighted by molar-refractivity contribution is 0.668. The van der Waals surface area contributed by atoms with Gasteiger partial charge in [0, 0.05) is 60.0 Å². The van der Waals surface area contributed by atoms with E-state index in [0.29, 0.717) is 5.82 Å². The molecule has 270 valence electrons. The van der Waals surface area contributed by atoms with Gasteiger partial charge in [0.05, 0.1) is 22.6 Å². The fourth-order valence-corrected chi connectivity index (χ4v) is 8.48. The quantitative estimate of drug-likeness (QED) is 0.164. The van der Waals surface area contributed by atoms with Crippen LogP contribution in [-0.2, 0) is 0 Å². The van der Waals surface area contributed by atoms with E-state index >= 15 is 0 Å². The van der Waals surface area contributed by atoms with E-state index in [-0.39, 0.29) is 0 Å². The predicted octanol–water partition coefficient (Wildman–Crippen LogP) is 14.3. The van der Waals surface area contributed by atoms with Gasteiger partial charge in [-0.25, -0.2) is 15.0 Å². The van der Waals surface area contributed by atoms with Crippen molar-refractivity contribution in [3.63, 3.8) is 0 Å². The highest BCUT2D eigenvalue weighted by molar-refractivity contribution is 6.28. The Hall–Kier alpha value is -7.89. The minimum Gasteiger partial charge on any atom is -0.456 e. The van der Waals surface area contributed by atoms with Gasteiger partial charge in [-0.15, -0.1) is 0 Å². The van der Waals surface area contributed by atoms with Crippen molar-refractivity contribution >= 4 is 65.6 Å². The number of furan rings is 2. The van der Waals surface area contributed by atoms with Crippen molar-refractivity contribution in [3.05, 3.63) is 188 Å². The molecule has 0 saturated heterocycles. The summed E-state index contributed by atoms with van der Waals surface area (Å²) in [6.45, 7) is 0. The molecule has 5 nitrogen and oxygen atoms in total. The van der Waals surface area contributed by atoms with E-state index in [9.17, 15) is 0 Å². The van der Waals surface area contributed by atoms with Crippen molar-refractivity contribution < 1.29 is 8.83 Å². The van der Waals surface area contributed by atoms with Gasteiger partial charge in [-0.05, 0) is 65.7 Å². The first-order valence-corrected chi connectivity index (χ1v) is 19.4. The maximum Gasteiger partial charge on any atom is 0.160 e. The maximum absolute atomic E-state index is 6.39. The number of nitrogens with zero attached hydrogens (tertiary/aromatic N) is 3. The normalized spacial score (nSPS) is 11.8. The van der Waals surface area contributed by atoms with Crippen LogP contribution in [-0.4, -0.2) is 15.0 Å². The number of para-hydroxylation sites is 2. The molecule has 4 aromatic heterocycles. The van der Waals surface area contributed by atoms with Crippen LogP contribution in [0.4, 0.5) is 0 Å². The largest absolute Gasteiger partial charge is 0.456 e. The van der Waals surface area contributed by atoms with Crippen molar-refractivity contribution in [2.45, 2.75) is 0 Å². The zero-order valence-corrected chi connectivity index (χ0v) is 31.1. The first kappa shape index (κ1) is 32.4. The molecule has 0 aliphatic carbocycles. The molecule has 0 atom stereocenters. The van der Waals surface area contributed by atoms with Gasteiger partial charge in [0.1, 0.15) is 22.3 Å². The van der Waals surface area contributed by atoms with Crippen LogP contribution < -0.4 is 0 Å². The summed E-state index contributed by atoms with van der Waals surface area (Å²) in [6.07, 6.45) is 0. The van der Waals surface area contributed by atoms with E-state index < -0.39 is 0 Å². The van der Waals surface area contributed by atoms with Crippen LogP contribution in [0, 0.1) is 0 Å². The summed E-state index contributed by atoms with van der Waals surface area (Å²) in [5.74, 6) is 0.670. The Labute approximate surface area is 332 Å².